The summed E-state index contributed by atoms with van der Waals surface area (Å²) in [5.41, 5.74) is -1.01. The molecule has 0 aliphatic carbocycles. The Bertz CT molecular complexity index is 514. The molecule has 1 aromatic rings. The lowest BCUT2D eigenvalue weighted by atomic mass is 10.1. The zero-order valence-electron chi connectivity index (χ0n) is 9.27. The first kappa shape index (κ1) is 14.9. The van der Waals surface area contributed by atoms with Gasteiger partial charge in [-0.25, -0.2) is 0 Å². The normalized spacial score (nSPS) is 10.7. The van der Waals surface area contributed by atoms with E-state index >= 15 is 0 Å². The van der Waals surface area contributed by atoms with Gasteiger partial charge in [0.2, 0.25) is 0 Å². The topological polar surface area (TPSA) is 17.1 Å². The van der Waals surface area contributed by atoms with Crippen molar-refractivity contribution in [1.29, 1.82) is 0 Å². The van der Waals surface area contributed by atoms with E-state index in [9.17, 15) is 18.0 Å². The highest BCUT2D eigenvalue weighted by molar-refractivity contribution is 8.13. The number of halogens is 4. The van der Waals surface area contributed by atoms with Crippen molar-refractivity contribution < 1.29 is 18.0 Å². The van der Waals surface area contributed by atoms with Gasteiger partial charge in [0, 0.05) is 17.5 Å². The second kappa shape index (κ2) is 6.17. The molecule has 96 valence electrons. The van der Waals surface area contributed by atoms with Gasteiger partial charge in [0.25, 0.3) is 0 Å². The molecule has 0 amide bonds. The van der Waals surface area contributed by atoms with Crippen molar-refractivity contribution in [2.45, 2.75) is 13.1 Å². The molecule has 0 atom stereocenters. The van der Waals surface area contributed by atoms with Crippen molar-refractivity contribution in [3.8, 4) is 11.8 Å². The third-order valence-corrected chi connectivity index (χ3v) is 2.79. The summed E-state index contributed by atoms with van der Waals surface area (Å²) in [6.07, 6.45) is -4.50. The lowest BCUT2D eigenvalue weighted by Gasteiger charge is -2.09. The first-order valence-corrected chi connectivity index (χ1v) is 6.16. The zero-order chi connectivity index (χ0) is 13.8. The molecule has 6 heteroatoms. The number of rotatable bonds is 1. The van der Waals surface area contributed by atoms with E-state index in [-0.39, 0.29) is 21.5 Å². The highest BCUT2D eigenvalue weighted by atomic mass is 35.5. The summed E-state index contributed by atoms with van der Waals surface area (Å²) in [4.78, 5) is 10.6. The van der Waals surface area contributed by atoms with Crippen LogP contribution in [0.2, 0.25) is 5.02 Å². The van der Waals surface area contributed by atoms with Gasteiger partial charge < -0.3 is 0 Å². The lowest BCUT2D eigenvalue weighted by Crippen LogP contribution is -2.07. The zero-order valence-corrected chi connectivity index (χ0v) is 10.8. The second-order valence-electron chi connectivity index (χ2n) is 3.27. The molecule has 0 aliphatic heterocycles. The first-order chi connectivity index (χ1) is 8.30. The van der Waals surface area contributed by atoms with Crippen molar-refractivity contribution in [3.63, 3.8) is 0 Å². The van der Waals surface area contributed by atoms with Crippen molar-refractivity contribution in [1.82, 2.24) is 0 Å². The van der Waals surface area contributed by atoms with E-state index in [2.05, 4.69) is 11.8 Å². The Morgan fingerprint density at radius 2 is 2.11 bits per heavy atom. The summed E-state index contributed by atoms with van der Waals surface area (Å²) in [5, 5.41) is -0.123. The SMILES string of the molecule is CC(=O)SCC#Cc1ccc(Cl)cc1C(F)(F)F. The summed E-state index contributed by atoms with van der Waals surface area (Å²) < 4.78 is 38.0. The standard InChI is InChI=1S/C12H8ClF3OS/c1-8(17)18-6-2-3-9-4-5-10(13)7-11(9)12(14,15)16/h4-5,7H,6H2,1H3. The number of hydrogen-bond acceptors (Lipinski definition) is 2. The molecule has 0 bridgehead atoms. The lowest BCUT2D eigenvalue weighted by molar-refractivity contribution is -0.137. The van der Waals surface area contributed by atoms with Crippen molar-refractivity contribution in [3.05, 3.63) is 34.3 Å². The Hall–Kier alpha value is -1.12. The highest BCUT2D eigenvalue weighted by Gasteiger charge is 2.33. The number of benzene rings is 1. The molecule has 1 rings (SSSR count). The average Bonchev–Trinajstić information content (AvgIpc) is 2.24. The molecule has 0 fully saturated rings. The molecule has 0 radical (unpaired) electrons. The van der Waals surface area contributed by atoms with E-state index < -0.39 is 11.7 Å². The molecule has 0 saturated heterocycles. The maximum atomic E-state index is 12.7. The van der Waals surface area contributed by atoms with Crippen LogP contribution in [0, 0.1) is 11.8 Å². The fraction of sp³-hybridized carbons (Fsp3) is 0.250. The van der Waals surface area contributed by atoms with Crippen molar-refractivity contribution in [2.24, 2.45) is 0 Å². The molecule has 0 aliphatic rings. The van der Waals surface area contributed by atoms with Crippen LogP contribution in [-0.2, 0) is 11.0 Å². The van der Waals surface area contributed by atoms with Gasteiger partial charge in [-0.05, 0) is 18.2 Å². The quantitative estimate of drug-likeness (QED) is 0.728. The summed E-state index contributed by atoms with van der Waals surface area (Å²) >= 11 is 6.48. The summed E-state index contributed by atoms with van der Waals surface area (Å²) in [6, 6.07) is 3.40. The maximum absolute atomic E-state index is 12.7. The largest absolute Gasteiger partial charge is 0.417 e. The number of alkyl halides is 3. The summed E-state index contributed by atoms with van der Waals surface area (Å²) in [7, 11) is 0. The Kier molecular flexibility index (Phi) is 5.12. The fourth-order valence-electron chi connectivity index (χ4n) is 1.13. The van der Waals surface area contributed by atoms with Crippen LogP contribution in [0.15, 0.2) is 18.2 Å². The highest BCUT2D eigenvalue weighted by Crippen LogP contribution is 2.33. The number of thioether (sulfide) groups is 1. The molecule has 18 heavy (non-hydrogen) atoms. The van der Waals surface area contributed by atoms with Crippen LogP contribution < -0.4 is 0 Å². The van der Waals surface area contributed by atoms with Crippen LogP contribution in [0.25, 0.3) is 0 Å². The third-order valence-electron chi connectivity index (χ3n) is 1.86. The number of hydrogen-bond donors (Lipinski definition) is 0. The van der Waals surface area contributed by atoms with Crippen molar-refractivity contribution >= 4 is 28.5 Å². The summed E-state index contributed by atoms with van der Waals surface area (Å²) in [5.74, 6) is 5.08. The van der Waals surface area contributed by atoms with Gasteiger partial charge in [-0.3, -0.25) is 4.79 Å². The first-order valence-electron chi connectivity index (χ1n) is 4.79. The van der Waals surface area contributed by atoms with Crippen LogP contribution in [0.4, 0.5) is 13.2 Å². The van der Waals surface area contributed by atoms with Crippen LogP contribution in [0.5, 0.6) is 0 Å². The molecule has 0 saturated carbocycles. The predicted octanol–water partition coefficient (Wildman–Crippen LogP) is 3.99. The molecule has 0 N–H and O–H groups in total. The van der Waals surface area contributed by atoms with Crippen LogP contribution in [0.1, 0.15) is 18.1 Å². The molecule has 0 spiro atoms. The van der Waals surface area contributed by atoms with Gasteiger partial charge in [0.1, 0.15) is 0 Å². The minimum absolute atomic E-state index is 0.00554. The van der Waals surface area contributed by atoms with E-state index in [1.807, 2.05) is 0 Å². The summed E-state index contributed by atoms with van der Waals surface area (Å²) in [6.45, 7) is 1.37. The average molecular weight is 293 g/mol. The van der Waals surface area contributed by atoms with Gasteiger partial charge in [0.15, 0.2) is 5.12 Å². The second-order valence-corrected chi connectivity index (χ2v) is 4.86. The van der Waals surface area contributed by atoms with Crippen molar-refractivity contribution in [2.75, 3.05) is 5.75 Å². The van der Waals surface area contributed by atoms with Gasteiger partial charge in [-0.2, -0.15) is 13.2 Å². The van der Waals surface area contributed by atoms with E-state index in [0.29, 0.717) is 0 Å². The van der Waals surface area contributed by atoms with E-state index in [1.165, 1.54) is 19.1 Å². The van der Waals surface area contributed by atoms with Gasteiger partial charge >= 0.3 is 6.18 Å². The number of carbonyl (C=O) groups excluding carboxylic acids is 1. The van der Waals surface area contributed by atoms with Gasteiger partial charge in [0.05, 0.1) is 11.3 Å². The monoisotopic (exact) mass is 292 g/mol. The molecule has 1 aromatic carbocycles. The van der Waals surface area contributed by atoms with Gasteiger partial charge in [-0.15, -0.1) is 0 Å². The molecule has 0 aromatic heterocycles. The van der Waals surface area contributed by atoms with Gasteiger partial charge in [-0.1, -0.05) is 35.2 Å². The maximum Gasteiger partial charge on any atom is 0.417 e. The Morgan fingerprint density at radius 3 is 2.67 bits per heavy atom. The van der Waals surface area contributed by atoms with Crippen LogP contribution in [0.3, 0.4) is 0 Å². The smallest absolute Gasteiger partial charge is 0.288 e. The fourth-order valence-corrected chi connectivity index (χ4v) is 1.65. The Balaban J connectivity index is 2.98. The molecular formula is C12H8ClF3OS. The number of carbonyl (C=O) groups is 1. The molecule has 0 heterocycles. The molecular weight excluding hydrogens is 285 g/mol. The third kappa shape index (κ3) is 4.63. The minimum Gasteiger partial charge on any atom is -0.288 e. The minimum atomic E-state index is -4.50. The van der Waals surface area contributed by atoms with Crippen LogP contribution >= 0.6 is 23.4 Å². The van der Waals surface area contributed by atoms with E-state index in [1.54, 1.807) is 0 Å². The Labute approximate surface area is 112 Å². The Morgan fingerprint density at radius 1 is 1.44 bits per heavy atom. The molecule has 0 unspecified atom stereocenters. The van der Waals surface area contributed by atoms with Crippen LogP contribution in [-0.4, -0.2) is 10.9 Å². The predicted molar refractivity (Wildman–Crippen MR) is 66.5 cm³/mol. The molecule has 1 nitrogen and oxygen atoms in total. The van der Waals surface area contributed by atoms with E-state index in [4.69, 9.17) is 11.6 Å². The van der Waals surface area contributed by atoms with E-state index in [0.717, 1.165) is 17.8 Å².